The molecule has 5 heteroatoms. The van der Waals surface area contributed by atoms with Gasteiger partial charge in [-0.25, -0.2) is 0 Å². The Hall–Kier alpha value is -0.490. The van der Waals surface area contributed by atoms with Crippen LogP contribution in [0.5, 0.6) is 0 Å². The Morgan fingerprint density at radius 1 is 1.45 bits per heavy atom. The van der Waals surface area contributed by atoms with Crippen LogP contribution in [0.15, 0.2) is 11.7 Å². The fourth-order valence-corrected chi connectivity index (χ4v) is 3.44. The average Bonchev–Trinajstić information content (AvgIpc) is 2.97. The second kappa shape index (κ2) is 7.50. The zero-order valence-corrected chi connectivity index (χ0v) is 13.7. The third-order valence-corrected chi connectivity index (χ3v) is 5.01. The summed E-state index contributed by atoms with van der Waals surface area (Å²) in [4.78, 5) is 8.13. The van der Waals surface area contributed by atoms with E-state index >= 15 is 0 Å². The molecular weight excluding hydrogens is 270 g/mol. The summed E-state index contributed by atoms with van der Waals surface area (Å²) in [6.07, 6.45) is 4.22. The third kappa shape index (κ3) is 4.01. The standard InChI is InChI=1S/C15H27N3OS/c1-4-5-17-14(10-13-11-16-12-20-13)15(2,3)18-6-8-19-9-7-18/h11-12,14,17H,4-10H2,1-3H3. The van der Waals surface area contributed by atoms with Crippen LogP contribution in [0.4, 0.5) is 0 Å². The molecule has 20 heavy (non-hydrogen) atoms. The Bertz CT molecular complexity index is 374. The summed E-state index contributed by atoms with van der Waals surface area (Å²) >= 11 is 1.75. The van der Waals surface area contributed by atoms with Crippen molar-refractivity contribution in [2.45, 2.75) is 45.2 Å². The van der Waals surface area contributed by atoms with Crippen molar-refractivity contribution in [3.05, 3.63) is 16.6 Å². The lowest BCUT2D eigenvalue weighted by Crippen LogP contribution is -2.61. The molecule has 1 unspecified atom stereocenters. The van der Waals surface area contributed by atoms with Gasteiger partial charge in [0.05, 0.1) is 18.7 Å². The van der Waals surface area contributed by atoms with E-state index in [1.807, 2.05) is 11.7 Å². The van der Waals surface area contributed by atoms with Crippen molar-refractivity contribution in [3.63, 3.8) is 0 Å². The number of hydrogen-bond acceptors (Lipinski definition) is 5. The van der Waals surface area contributed by atoms with Crippen LogP contribution >= 0.6 is 11.3 Å². The first-order valence-corrected chi connectivity index (χ1v) is 8.46. The predicted octanol–water partition coefficient (Wildman–Crippen LogP) is 2.16. The third-order valence-electron chi connectivity index (χ3n) is 4.21. The summed E-state index contributed by atoms with van der Waals surface area (Å²) in [6, 6.07) is 0.445. The molecule has 2 heterocycles. The SMILES string of the molecule is CCCNC(Cc1cncs1)C(C)(C)N1CCOCC1. The molecule has 0 aliphatic carbocycles. The number of nitrogens with one attached hydrogen (secondary N) is 1. The summed E-state index contributed by atoms with van der Waals surface area (Å²) in [5, 5.41) is 3.74. The van der Waals surface area contributed by atoms with Crippen LogP contribution < -0.4 is 5.32 Å². The van der Waals surface area contributed by atoms with Gasteiger partial charge < -0.3 is 10.1 Å². The van der Waals surface area contributed by atoms with Crippen LogP contribution in [-0.4, -0.2) is 54.3 Å². The van der Waals surface area contributed by atoms with E-state index in [9.17, 15) is 0 Å². The van der Waals surface area contributed by atoms with Gasteiger partial charge in [0.15, 0.2) is 0 Å². The minimum absolute atomic E-state index is 0.128. The van der Waals surface area contributed by atoms with E-state index in [2.05, 4.69) is 36.0 Å². The van der Waals surface area contributed by atoms with Gasteiger partial charge in [0.25, 0.3) is 0 Å². The van der Waals surface area contributed by atoms with Crippen molar-refractivity contribution >= 4 is 11.3 Å². The molecule has 4 nitrogen and oxygen atoms in total. The number of thiazole rings is 1. The number of nitrogens with zero attached hydrogens (tertiary/aromatic N) is 2. The van der Waals surface area contributed by atoms with Crippen molar-refractivity contribution in [2.75, 3.05) is 32.8 Å². The van der Waals surface area contributed by atoms with Crippen LogP contribution in [-0.2, 0) is 11.2 Å². The van der Waals surface area contributed by atoms with Gasteiger partial charge in [0.1, 0.15) is 0 Å². The number of morpholine rings is 1. The molecule has 2 rings (SSSR count). The molecule has 0 bridgehead atoms. The van der Waals surface area contributed by atoms with E-state index in [1.165, 1.54) is 11.3 Å². The number of ether oxygens (including phenoxy) is 1. The molecule has 0 amide bonds. The molecule has 0 aromatic carbocycles. The maximum Gasteiger partial charge on any atom is 0.0794 e. The molecule has 0 radical (unpaired) electrons. The Morgan fingerprint density at radius 2 is 2.20 bits per heavy atom. The van der Waals surface area contributed by atoms with Crippen LogP contribution in [0.1, 0.15) is 32.1 Å². The van der Waals surface area contributed by atoms with Crippen LogP contribution in [0.3, 0.4) is 0 Å². The van der Waals surface area contributed by atoms with Gasteiger partial charge in [-0.15, -0.1) is 11.3 Å². The molecule has 0 spiro atoms. The van der Waals surface area contributed by atoms with Gasteiger partial charge >= 0.3 is 0 Å². The first kappa shape index (κ1) is 15.9. The van der Waals surface area contributed by atoms with Gasteiger partial charge in [-0.2, -0.15) is 0 Å². The zero-order valence-electron chi connectivity index (χ0n) is 12.9. The zero-order chi connectivity index (χ0) is 14.4. The van der Waals surface area contributed by atoms with Crippen molar-refractivity contribution in [3.8, 4) is 0 Å². The number of rotatable bonds is 7. The lowest BCUT2D eigenvalue weighted by atomic mass is 9.89. The molecule has 1 saturated heterocycles. The fraction of sp³-hybridized carbons (Fsp3) is 0.800. The average molecular weight is 297 g/mol. The highest BCUT2D eigenvalue weighted by Gasteiger charge is 2.36. The van der Waals surface area contributed by atoms with Gasteiger partial charge in [-0.05, 0) is 26.8 Å². The summed E-state index contributed by atoms with van der Waals surface area (Å²) in [7, 11) is 0. The van der Waals surface area contributed by atoms with Crippen LogP contribution in [0, 0.1) is 0 Å². The Kier molecular flexibility index (Phi) is 5.96. The largest absolute Gasteiger partial charge is 0.379 e. The topological polar surface area (TPSA) is 37.4 Å². The molecule has 1 aromatic rings. The van der Waals surface area contributed by atoms with Crippen LogP contribution in [0.2, 0.25) is 0 Å². The monoisotopic (exact) mass is 297 g/mol. The summed E-state index contributed by atoms with van der Waals surface area (Å²) < 4.78 is 5.49. The minimum Gasteiger partial charge on any atom is -0.379 e. The van der Waals surface area contributed by atoms with Crippen molar-refractivity contribution < 1.29 is 4.74 Å². The maximum atomic E-state index is 5.49. The molecule has 1 aliphatic heterocycles. The normalized spacial score (nSPS) is 19.1. The van der Waals surface area contributed by atoms with Crippen LogP contribution in [0.25, 0.3) is 0 Å². The van der Waals surface area contributed by atoms with Crippen molar-refractivity contribution in [1.29, 1.82) is 0 Å². The highest BCUT2D eigenvalue weighted by Crippen LogP contribution is 2.24. The van der Waals surface area contributed by atoms with Crippen molar-refractivity contribution in [1.82, 2.24) is 15.2 Å². The predicted molar refractivity (Wildman–Crippen MR) is 84.4 cm³/mol. The lowest BCUT2D eigenvalue weighted by Gasteiger charge is -2.46. The van der Waals surface area contributed by atoms with E-state index < -0.39 is 0 Å². The molecule has 1 N–H and O–H groups in total. The molecular formula is C15H27N3OS. The van der Waals surface area contributed by atoms with E-state index in [0.29, 0.717) is 6.04 Å². The smallest absolute Gasteiger partial charge is 0.0794 e. The first-order valence-electron chi connectivity index (χ1n) is 7.58. The van der Waals surface area contributed by atoms with Gasteiger partial charge in [0, 0.05) is 42.2 Å². The second-order valence-corrected chi connectivity index (χ2v) is 6.90. The quantitative estimate of drug-likeness (QED) is 0.837. The number of aromatic nitrogens is 1. The highest BCUT2D eigenvalue weighted by molar-refractivity contribution is 7.09. The summed E-state index contributed by atoms with van der Waals surface area (Å²) in [6.45, 7) is 11.8. The molecule has 1 aromatic heterocycles. The Labute approximate surface area is 126 Å². The van der Waals surface area contributed by atoms with E-state index in [4.69, 9.17) is 4.74 Å². The maximum absolute atomic E-state index is 5.49. The Morgan fingerprint density at radius 3 is 2.80 bits per heavy atom. The molecule has 1 atom stereocenters. The van der Waals surface area contributed by atoms with Gasteiger partial charge in [-0.1, -0.05) is 6.92 Å². The Balaban J connectivity index is 2.06. The van der Waals surface area contributed by atoms with E-state index in [-0.39, 0.29) is 5.54 Å². The second-order valence-electron chi connectivity index (χ2n) is 5.93. The summed E-state index contributed by atoms with van der Waals surface area (Å²) in [5.74, 6) is 0. The highest BCUT2D eigenvalue weighted by atomic mass is 32.1. The fourth-order valence-electron chi connectivity index (χ4n) is 2.79. The van der Waals surface area contributed by atoms with E-state index in [1.54, 1.807) is 11.3 Å². The van der Waals surface area contributed by atoms with Gasteiger partial charge in [0.2, 0.25) is 0 Å². The molecule has 0 saturated carbocycles. The summed E-state index contributed by atoms with van der Waals surface area (Å²) in [5.41, 5.74) is 2.05. The molecule has 114 valence electrons. The lowest BCUT2D eigenvalue weighted by molar-refractivity contribution is -0.0231. The molecule has 1 fully saturated rings. The van der Waals surface area contributed by atoms with Crippen molar-refractivity contribution in [2.24, 2.45) is 0 Å². The first-order chi connectivity index (χ1) is 9.64. The molecule has 1 aliphatic rings. The number of hydrogen-bond donors (Lipinski definition) is 1. The minimum atomic E-state index is 0.128. The van der Waals surface area contributed by atoms with E-state index in [0.717, 1.165) is 39.3 Å². The van der Waals surface area contributed by atoms with Gasteiger partial charge in [-0.3, -0.25) is 9.88 Å².